The quantitative estimate of drug-likeness (QED) is 0.816. The highest BCUT2D eigenvalue weighted by atomic mass is 16.5. The summed E-state index contributed by atoms with van der Waals surface area (Å²) in [7, 11) is 0. The lowest BCUT2D eigenvalue weighted by molar-refractivity contribution is -0.145. The van der Waals surface area contributed by atoms with E-state index in [1.165, 1.54) is 0 Å². The van der Waals surface area contributed by atoms with Crippen LogP contribution in [0.4, 0.5) is 0 Å². The number of hydrogen-bond donors (Lipinski definition) is 2. The van der Waals surface area contributed by atoms with Crippen LogP contribution in [0.15, 0.2) is 18.2 Å². The van der Waals surface area contributed by atoms with Crippen LogP contribution in [0.1, 0.15) is 43.9 Å². The van der Waals surface area contributed by atoms with Gasteiger partial charge in [0.15, 0.2) is 6.10 Å². The first-order valence-corrected chi connectivity index (χ1v) is 6.13. The summed E-state index contributed by atoms with van der Waals surface area (Å²) in [5, 5.41) is 18.7. The molecule has 4 nitrogen and oxygen atoms in total. The van der Waals surface area contributed by atoms with Crippen LogP contribution in [0.2, 0.25) is 0 Å². The van der Waals surface area contributed by atoms with Gasteiger partial charge in [0.2, 0.25) is 0 Å². The van der Waals surface area contributed by atoms with Gasteiger partial charge in [-0.15, -0.1) is 0 Å². The van der Waals surface area contributed by atoms with Gasteiger partial charge in [-0.1, -0.05) is 25.5 Å². The maximum absolute atomic E-state index is 11.1. The molecule has 0 amide bonds. The van der Waals surface area contributed by atoms with Crippen LogP contribution in [0.3, 0.4) is 0 Å². The Bertz CT molecular complexity index is 412. The van der Waals surface area contributed by atoms with Gasteiger partial charge in [-0.25, -0.2) is 4.79 Å². The third-order valence-electron chi connectivity index (χ3n) is 2.71. The summed E-state index contributed by atoms with van der Waals surface area (Å²) in [5.74, 6) is -0.527. The van der Waals surface area contributed by atoms with Gasteiger partial charge in [0.1, 0.15) is 5.75 Å². The van der Waals surface area contributed by atoms with Crippen molar-refractivity contribution in [3.05, 3.63) is 29.3 Å². The first-order chi connectivity index (χ1) is 8.45. The summed E-state index contributed by atoms with van der Waals surface area (Å²) in [6.45, 7) is 5.44. The molecule has 0 aliphatic rings. The van der Waals surface area contributed by atoms with Crippen molar-refractivity contribution < 1.29 is 19.7 Å². The lowest BCUT2D eigenvalue weighted by Gasteiger charge is -2.19. The Morgan fingerprint density at radius 1 is 1.44 bits per heavy atom. The van der Waals surface area contributed by atoms with Crippen molar-refractivity contribution in [3.8, 4) is 5.75 Å². The van der Waals surface area contributed by atoms with Crippen LogP contribution in [-0.4, -0.2) is 22.3 Å². The van der Waals surface area contributed by atoms with Gasteiger partial charge in [-0.3, -0.25) is 0 Å². The van der Waals surface area contributed by atoms with Crippen molar-refractivity contribution in [3.63, 3.8) is 0 Å². The maximum atomic E-state index is 11.1. The second-order valence-electron chi connectivity index (χ2n) is 4.45. The van der Waals surface area contributed by atoms with Crippen LogP contribution >= 0.6 is 0 Å². The zero-order chi connectivity index (χ0) is 13.7. The molecule has 1 aromatic rings. The number of aliphatic hydroxyl groups excluding tert-OH is 1. The van der Waals surface area contributed by atoms with Crippen LogP contribution in [0, 0.1) is 6.92 Å². The smallest absolute Gasteiger partial charge is 0.344 e. The zero-order valence-electron chi connectivity index (χ0n) is 11.0. The van der Waals surface area contributed by atoms with E-state index in [4.69, 9.17) is 9.84 Å². The Labute approximate surface area is 107 Å². The summed E-state index contributed by atoms with van der Waals surface area (Å²) in [4.78, 5) is 11.1. The fourth-order valence-corrected chi connectivity index (χ4v) is 1.74. The minimum Gasteiger partial charge on any atom is -0.479 e. The molecule has 1 aromatic carbocycles. The molecule has 0 bridgehead atoms. The fraction of sp³-hybridized carbons (Fsp3) is 0.500. The van der Waals surface area contributed by atoms with E-state index in [9.17, 15) is 9.90 Å². The van der Waals surface area contributed by atoms with E-state index in [1.54, 1.807) is 19.1 Å². The Morgan fingerprint density at radius 3 is 2.61 bits per heavy atom. The first-order valence-electron chi connectivity index (χ1n) is 6.13. The minimum atomic E-state index is -0.977. The molecule has 0 aliphatic heterocycles. The molecule has 2 N–H and O–H groups in total. The van der Waals surface area contributed by atoms with E-state index < -0.39 is 18.2 Å². The molecular weight excluding hydrogens is 232 g/mol. The van der Waals surface area contributed by atoms with E-state index in [0.29, 0.717) is 17.7 Å². The number of carboxylic acids is 1. The van der Waals surface area contributed by atoms with Crippen molar-refractivity contribution in [1.82, 2.24) is 0 Å². The molecule has 0 fully saturated rings. The SMILES string of the molecule is CCCC(Oc1cc(C)ccc1[C@@H](C)O)C(=O)O. The molecule has 100 valence electrons. The Morgan fingerprint density at radius 2 is 2.11 bits per heavy atom. The number of carboxylic acid groups (broad SMARTS) is 1. The first kappa shape index (κ1) is 14.5. The highest BCUT2D eigenvalue weighted by Crippen LogP contribution is 2.27. The number of aryl methyl sites for hydroxylation is 1. The zero-order valence-corrected chi connectivity index (χ0v) is 11.0. The van der Waals surface area contributed by atoms with Gasteiger partial charge in [0, 0.05) is 5.56 Å². The van der Waals surface area contributed by atoms with Crippen LogP contribution < -0.4 is 4.74 Å². The van der Waals surface area contributed by atoms with Gasteiger partial charge in [0.25, 0.3) is 0 Å². The molecule has 0 aliphatic carbocycles. The maximum Gasteiger partial charge on any atom is 0.344 e. The molecule has 0 aromatic heterocycles. The number of hydrogen-bond acceptors (Lipinski definition) is 3. The number of aliphatic carboxylic acids is 1. The molecule has 0 saturated heterocycles. The second kappa shape index (κ2) is 6.40. The third kappa shape index (κ3) is 3.74. The average molecular weight is 252 g/mol. The number of rotatable bonds is 6. The molecule has 1 rings (SSSR count). The average Bonchev–Trinajstić information content (AvgIpc) is 2.28. The third-order valence-corrected chi connectivity index (χ3v) is 2.71. The fourth-order valence-electron chi connectivity index (χ4n) is 1.74. The van der Waals surface area contributed by atoms with Crippen LogP contribution in [0.5, 0.6) is 5.75 Å². The summed E-state index contributed by atoms with van der Waals surface area (Å²) in [6, 6.07) is 5.39. The molecule has 0 spiro atoms. The summed E-state index contributed by atoms with van der Waals surface area (Å²) < 4.78 is 5.53. The van der Waals surface area contributed by atoms with Crippen molar-refractivity contribution >= 4 is 5.97 Å². The largest absolute Gasteiger partial charge is 0.479 e. The molecule has 2 atom stereocenters. The number of carbonyl (C=O) groups is 1. The number of benzene rings is 1. The normalized spacial score (nSPS) is 14.0. The van der Waals surface area contributed by atoms with Gasteiger partial charge in [-0.05, 0) is 31.9 Å². The van der Waals surface area contributed by atoms with E-state index >= 15 is 0 Å². The highest BCUT2D eigenvalue weighted by Gasteiger charge is 2.20. The van der Waals surface area contributed by atoms with E-state index in [1.807, 2.05) is 19.9 Å². The Hall–Kier alpha value is -1.55. The summed E-state index contributed by atoms with van der Waals surface area (Å²) in [6.07, 6.45) is -0.374. The number of ether oxygens (including phenoxy) is 1. The van der Waals surface area contributed by atoms with Crippen LogP contribution in [0.25, 0.3) is 0 Å². The van der Waals surface area contributed by atoms with E-state index in [2.05, 4.69) is 0 Å². The summed E-state index contributed by atoms with van der Waals surface area (Å²) in [5.41, 5.74) is 1.58. The Balaban J connectivity index is 3.00. The van der Waals surface area contributed by atoms with E-state index in [-0.39, 0.29) is 0 Å². The molecule has 4 heteroatoms. The summed E-state index contributed by atoms with van der Waals surface area (Å²) >= 11 is 0. The number of aliphatic hydroxyl groups is 1. The van der Waals surface area contributed by atoms with Gasteiger partial charge in [-0.2, -0.15) is 0 Å². The highest BCUT2D eigenvalue weighted by molar-refractivity contribution is 5.72. The minimum absolute atomic E-state index is 0.447. The molecule has 18 heavy (non-hydrogen) atoms. The standard InChI is InChI=1S/C14H20O4/c1-4-5-12(14(16)17)18-13-8-9(2)6-7-11(13)10(3)15/h6-8,10,12,15H,4-5H2,1-3H3,(H,16,17)/t10-,12?/m1/s1. The molecule has 0 radical (unpaired) electrons. The lowest BCUT2D eigenvalue weighted by Crippen LogP contribution is -2.27. The van der Waals surface area contributed by atoms with Gasteiger partial charge in [0.05, 0.1) is 6.10 Å². The second-order valence-corrected chi connectivity index (χ2v) is 4.45. The molecule has 0 saturated carbocycles. The van der Waals surface area contributed by atoms with Gasteiger partial charge >= 0.3 is 5.97 Å². The van der Waals surface area contributed by atoms with Crippen molar-refractivity contribution in [2.24, 2.45) is 0 Å². The lowest BCUT2D eigenvalue weighted by atomic mass is 10.1. The topological polar surface area (TPSA) is 66.8 Å². The molecule has 1 unspecified atom stereocenters. The predicted octanol–water partition coefficient (Wildman–Crippen LogP) is 2.68. The van der Waals surface area contributed by atoms with Crippen molar-refractivity contribution in [1.29, 1.82) is 0 Å². The van der Waals surface area contributed by atoms with Crippen molar-refractivity contribution in [2.75, 3.05) is 0 Å². The monoisotopic (exact) mass is 252 g/mol. The molecule has 0 heterocycles. The van der Waals surface area contributed by atoms with Crippen molar-refractivity contribution in [2.45, 2.75) is 45.8 Å². The van der Waals surface area contributed by atoms with Crippen LogP contribution in [-0.2, 0) is 4.79 Å². The Kier molecular flexibility index (Phi) is 5.16. The van der Waals surface area contributed by atoms with Gasteiger partial charge < -0.3 is 14.9 Å². The van der Waals surface area contributed by atoms with E-state index in [0.717, 1.165) is 12.0 Å². The molecular formula is C14H20O4. The predicted molar refractivity (Wildman–Crippen MR) is 68.8 cm³/mol.